The Morgan fingerprint density at radius 1 is 1.35 bits per heavy atom. The first-order valence-corrected chi connectivity index (χ1v) is 7.34. The van der Waals surface area contributed by atoms with Gasteiger partial charge in [-0.15, -0.1) is 0 Å². The van der Waals surface area contributed by atoms with Crippen LogP contribution in [0.3, 0.4) is 0 Å². The summed E-state index contributed by atoms with van der Waals surface area (Å²) in [6.07, 6.45) is 4.13. The molecule has 0 unspecified atom stereocenters. The van der Waals surface area contributed by atoms with Gasteiger partial charge in [0.1, 0.15) is 4.99 Å². The molecule has 20 heavy (non-hydrogen) atoms. The number of hydrogen-bond donors (Lipinski definition) is 2. The number of amides is 1. The van der Waals surface area contributed by atoms with Gasteiger partial charge in [-0.05, 0) is 24.5 Å². The Hall–Kier alpha value is -1.46. The fourth-order valence-corrected chi connectivity index (χ4v) is 2.12. The van der Waals surface area contributed by atoms with E-state index in [1.54, 1.807) is 12.1 Å². The highest BCUT2D eigenvalue weighted by Gasteiger charge is 2.20. The highest BCUT2D eigenvalue weighted by molar-refractivity contribution is 7.80. The number of carbonyl (C=O) groups is 1. The molecular formula is C15H20N2O2S. The molecule has 5 heteroatoms. The number of benzene rings is 1. The smallest absolute Gasteiger partial charge is 0.226 e. The summed E-state index contributed by atoms with van der Waals surface area (Å²) >= 11 is 4.96. The fraction of sp³-hybridized carbons (Fsp3) is 0.467. The van der Waals surface area contributed by atoms with Crippen molar-refractivity contribution < 1.29 is 9.53 Å². The van der Waals surface area contributed by atoms with Crippen LogP contribution in [-0.4, -0.2) is 24.1 Å². The molecule has 0 bridgehead atoms. The van der Waals surface area contributed by atoms with Crippen LogP contribution in [0.2, 0.25) is 0 Å². The molecule has 1 fully saturated rings. The van der Waals surface area contributed by atoms with Gasteiger partial charge in [0.2, 0.25) is 5.91 Å². The van der Waals surface area contributed by atoms with Crippen molar-refractivity contribution in [3.8, 4) is 0 Å². The van der Waals surface area contributed by atoms with Gasteiger partial charge >= 0.3 is 0 Å². The maximum atomic E-state index is 11.8. The number of thiocarbonyl (C=S) groups is 1. The van der Waals surface area contributed by atoms with E-state index in [2.05, 4.69) is 5.32 Å². The van der Waals surface area contributed by atoms with E-state index in [-0.39, 0.29) is 10.9 Å². The van der Waals surface area contributed by atoms with Crippen LogP contribution in [0.5, 0.6) is 0 Å². The number of rotatable bonds is 8. The lowest BCUT2D eigenvalue weighted by molar-refractivity contribution is -0.117. The number of hydrogen-bond acceptors (Lipinski definition) is 3. The minimum Gasteiger partial charge on any atom is -0.389 e. The van der Waals surface area contributed by atoms with Crippen molar-refractivity contribution in [1.29, 1.82) is 0 Å². The maximum Gasteiger partial charge on any atom is 0.226 e. The van der Waals surface area contributed by atoms with Crippen molar-refractivity contribution in [2.75, 3.05) is 18.5 Å². The molecule has 0 radical (unpaired) electrons. The van der Waals surface area contributed by atoms with E-state index in [1.165, 1.54) is 12.8 Å². The normalized spacial score (nSPS) is 14.0. The minimum absolute atomic E-state index is 0.0832. The SMILES string of the molecule is NC(=S)c1ccccc1NC(=O)CCOCCC1CC1. The number of carbonyl (C=O) groups excluding carboxylic acids is 1. The van der Waals surface area contributed by atoms with Crippen LogP contribution in [0.4, 0.5) is 5.69 Å². The zero-order chi connectivity index (χ0) is 14.4. The summed E-state index contributed by atoms with van der Waals surface area (Å²) in [4.78, 5) is 12.1. The van der Waals surface area contributed by atoms with Gasteiger partial charge in [-0.3, -0.25) is 4.79 Å². The third-order valence-corrected chi connectivity index (χ3v) is 3.53. The molecule has 1 aromatic rings. The summed E-state index contributed by atoms with van der Waals surface area (Å²) in [6.45, 7) is 1.20. The van der Waals surface area contributed by atoms with Gasteiger partial charge in [-0.1, -0.05) is 37.2 Å². The predicted molar refractivity (Wildman–Crippen MR) is 83.7 cm³/mol. The van der Waals surface area contributed by atoms with Crippen LogP contribution in [-0.2, 0) is 9.53 Å². The monoisotopic (exact) mass is 292 g/mol. The van der Waals surface area contributed by atoms with Crippen molar-refractivity contribution in [3.05, 3.63) is 29.8 Å². The number of anilines is 1. The molecule has 0 saturated heterocycles. The molecular weight excluding hydrogens is 272 g/mol. The number of nitrogens with one attached hydrogen (secondary N) is 1. The van der Waals surface area contributed by atoms with Crippen LogP contribution >= 0.6 is 12.2 Å². The van der Waals surface area contributed by atoms with Crippen molar-refractivity contribution in [1.82, 2.24) is 0 Å². The molecule has 108 valence electrons. The molecule has 1 aliphatic rings. The molecule has 0 heterocycles. The van der Waals surface area contributed by atoms with Crippen molar-refractivity contribution >= 4 is 28.8 Å². The average Bonchev–Trinajstić information content (AvgIpc) is 3.23. The van der Waals surface area contributed by atoms with E-state index in [0.29, 0.717) is 24.3 Å². The molecule has 1 amide bonds. The highest BCUT2D eigenvalue weighted by Crippen LogP contribution is 2.32. The van der Waals surface area contributed by atoms with Crippen LogP contribution in [0, 0.1) is 5.92 Å². The average molecular weight is 292 g/mol. The summed E-state index contributed by atoms with van der Waals surface area (Å²) in [5.41, 5.74) is 6.96. The first-order chi connectivity index (χ1) is 9.66. The van der Waals surface area contributed by atoms with E-state index < -0.39 is 0 Å². The van der Waals surface area contributed by atoms with Gasteiger partial charge in [-0.25, -0.2) is 0 Å². The topological polar surface area (TPSA) is 64.3 Å². The Kier molecular flexibility index (Phi) is 5.49. The summed E-state index contributed by atoms with van der Waals surface area (Å²) in [5, 5.41) is 2.82. The molecule has 3 N–H and O–H groups in total. The maximum absolute atomic E-state index is 11.8. The van der Waals surface area contributed by atoms with E-state index in [9.17, 15) is 4.79 Å². The van der Waals surface area contributed by atoms with E-state index in [4.69, 9.17) is 22.7 Å². The lowest BCUT2D eigenvalue weighted by Gasteiger charge is -2.10. The Morgan fingerprint density at radius 3 is 2.80 bits per heavy atom. The summed E-state index contributed by atoms with van der Waals surface area (Å²) < 4.78 is 5.46. The Bertz CT molecular complexity index is 487. The second kappa shape index (κ2) is 7.36. The molecule has 1 saturated carbocycles. The molecule has 0 spiro atoms. The molecule has 0 atom stereocenters. The molecule has 4 nitrogen and oxygen atoms in total. The summed E-state index contributed by atoms with van der Waals surface area (Å²) in [6, 6.07) is 7.26. The third kappa shape index (κ3) is 4.90. The minimum atomic E-state index is -0.0832. The fourth-order valence-electron chi connectivity index (χ4n) is 1.94. The van der Waals surface area contributed by atoms with Crippen LogP contribution in [0.1, 0.15) is 31.2 Å². The summed E-state index contributed by atoms with van der Waals surface area (Å²) in [5.74, 6) is 0.779. The van der Waals surface area contributed by atoms with Gasteiger partial charge in [0, 0.05) is 12.2 Å². The zero-order valence-corrected chi connectivity index (χ0v) is 12.2. The van der Waals surface area contributed by atoms with Gasteiger partial charge in [0.15, 0.2) is 0 Å². The van der Waals surface area contributed by atoms with Gasteiger partial charge < -0.3 is 15.8 Å². The Morgan fingerprint density at radius 2 is 2.10 bits per heavy atom. The van der Waals surface area contributed by atoms with Crippen molar-refractivity contribution in [2.24, 2.45) is 11.7 Å². The second-order valence-corrected chi connectivity index (χ2v) is 5.49. The molecule has 1 aliphatic carbocycles. The van der Waals surface area contributed by atoms with E-state index in [1.807, 2.05) is 12.1 Å². The summed E-state index contributed by atoms with van der Waals surface area (Å²) in [7, 11) is 0. The number of nitrogens with two attached hydrogens (primary N) is 1. The first kappa shape index (κ1) is 14.9. The lowest BCUT2D eigenvalue weighted by atomic mass is 10.1. The van der Waals surface area contributed by atoms with Crippen LogP contribution in [0.15, 0.2) is 24.3 Å². The molecule has 2 rings (SSSR count). The van der Waals surface area contributed by atoms with Crippen LogP contribution in [0.25, 0.3) is 0 Å². The molecule has 1 aromatic carbocycles. The van der Waals surface area contributed by atoms with Crippen LogP contribution < -0.4 is 11.1 Å². The Balaban J connectivity index is 1.71. The highest BCUT2D eigenvalue weighted by atomic mass is 32.1. The van der Waals surface area contributed by atoms with Gasteiger partial charge in [-0.2, -0.15) is 0 Å². The molecule has 0 aliphatic heterocycles. The van der Waals surface area contributed by atoms with Gasteiger partial charge in [0.05, 0.1) is 18.7 Å². The van der Waals surface area contributed by atoms with E-state index >= 15 is 0 Å². The zero-order valence-electron chi connectivity index (χ0n) is 11.4. The number of ether oxygens (including phenoxy) is 1. The quantitative estimate of drug-likeness (QED) is 0.570. The van der Waals surface area contributed by atoms with Crippen molar-refractivity contribution in [3.63, 3.8) is 0 Å². The third-order valence-electron chi connectivity index (χ3n) is 3.31. The molecule has 0 aromatic heterocycles. The largest absolute Gasteiger partial charge is 0.389 e. The second-order valence-electron chi connectivity index (χ2n) is 5.05. The first-order valence-electron chi connectivity index (χ1n) is 6.93. The van der Waals surface area contributed by atoms with Gasteiger partial charge in [0.25, 0.3) is 0 Å². The van der Waals surface area contributed by atoms with E-state index in [0.717, 1.165) is 18.9 Å². The number of para-hydroxylation sites is 1. The predicted octanol–water partition coefficient (Wildman–Crippen LogP) is 2.47. The Labute approximate surface area is 124 Å². The standard InChI is InChI=1S/C15H20N2O2S/c16-15(20)12-3-1-2-4-13(12)17-14(18)8-10-19-9-7-11-5-6-11/h1-4,11H,5-10H2,(H2,16,20)(H,17,18). The van der Waals surface area contributed by atoms with Crippen molar-refractivity contribution in [2.45, 2.75) is 25.7 Å². The lowest BCUT2D eigenvalue weighted by Crippen LogP contribution is -2.18.